The van der Waals surface area contributed by atoms with Crippen LogP contribution in [0.1, 0.15) is 11.1 Å². The van der Waals surface area contributed by atoms with Crippen LogP contribution in [0.25, 0.3) is 0 Å². The van der Waals surface area contributed by atoms with Crippen molar-refractivity contribution in [3.8, 4) is 11.6 Å². The van der Waals surface area contributed by atoms with Gasteiger partial charge in [-0.2, -0.15) is 18.2 Å². The number of halogens is 6. The number of carbonyl (C=O) groups is 1. The summed E-state index contributed by atoms with van der Waals surface area (Å²) in [6, 6.07) is 4.08. The molecule has 0 radical (unpaired) electrons. The molecule has 0 aliphatic carbocycles. The molecule has 0 fully saturated rings. The van der Waals surface area contributed by atoms with Crippen LogP contribution in [0.5, 0.6) is 11.6 Å². The predicted molar refractivity (Wildman–Crippen MR) is 121 cm³/mol. The van der Waals surface area contributed by atoms with Crippen LogP contribution in [0.15, 0.2) is 49.3 Å². The van der Waals surface area contributed by atoms with E-state index in [-0.39, 0.29) is 23.2 Å². The summed E-state index contributed by atoms with van der Waals surface area (Å²) in [4.78, 5) is 23.4. The quantitative estimate of drug-likeness (QED) is 0.252. The molecule has 3 aromatic rings. The minimum Gasteiger partial charge on any atom is -0.481 e. The molecule has 15 heteroatoms. The monoisotopic (exact) mass is 528 g/mol. The van der Waals surface area contributed by atoms with Crippen LogP contribution in [-0.4, -0.2) is 34.3 Å². The molecule has 9 nitrogen and oxygen atoms in total. The summed E-state index contributed by atoms with van der Waals surface area (Å²) in [6.07, 6.45) is -7.14. The van der Waals surface area contributed by atoms with Crippen molar-refractivity contribution in [1.29, 1.82) is 0 Å². The molecule has 0 bridgehead atoms. The Kier molecular flexibility index (Phi) is 7.74. The fourth-order valence-corrected chi connectivity index (χ4v) is 2.86. The summed E-state index contributed by atoms with van der Waals surface area (Å²) in [7, 11) is 1.38. The first kappa shape index (κ1) is 27.0. The molecule has 196 valence electrons. The van der Waals surface area contributed by atoms with E-state index in [1.165, 1.54) is 19.4 Å². The fourth-order valence-electron chi connectivity index (χ4n) is 2.86. The topological polar surface area (TPSA) is 110 Å². The number of hydrogen-bond donors (Lipinski definition) is 3. The maximum Gasteiger partial charge on any atom is 0.573 e. The molecule has 0 aliphatic rings. The summed E-state index contributed by atoms with van der Waals surface area (Å²) in [5.74, 6) is -2.33. The smallest absolute Gasteiger partial charge is 0.481 e. The van der Waals surface area contributed by atoms with Gasteiger partial charge in [0, 0.05) is 24.5 Å². The molecule has 37 heavy (non-hydrogen) atoms. The Morgan fingerprint density at radius 2 is 1.73 bits per heavy atom. The molecule has 3 N–H and O–H groups in total. The van der Waals surface area contributed by atoms with Gasteiger partial charge in [0.25, 0.3) is 0 Å². The van der Waals surface area contributed by atoms with Crippen molar-refractivity contribution in [1.82, 2.24) is 15.0 Å². The van der Waals surface area contributed by atoms with E-state index in [0.29, 0.717) is 17.4 Å². The van der Waals surface area contributed by atoms with Crippen molar-refractivity contribution in [2.75, 3.05) is 23.1 Å². The van der Waals surface area contributed by atoms with Crippen LogP contribution in [0.3, 0.4) is 0 Å². The van der Waals surface area contributed by atoms with E-state index in [0.717, 1.165) is 24.3 Å². The number of rotatable bonds is 8. The largest absolute Gasteiger partial charge is 0.573 e. The summed E-state index contributed by atoms with van der Waals surface area (Å²) >= 11 is 0. The van der Waals surface area contributed by atoms with Crippen molar-refractivity contribution in [2.45, 2.75) is 19.5 Å². The lowest BCUT2D eigenvalue weighted by molar-refractivity contribution is -0.274. The molecule has 0 aliphatic heterocycles. The van der Waals surface area contributed by atoms with Gasteiger partial charge in [-0.1, -0.05) is 6.58 Å². The molecule has 2 aromatic heterocycles. The minimum atomic E-state index is -5.04. The summed E-state index contributed by atoms with van der Waals surface area (Å²) in [6.45, 7) is 4.91. The van der Waals surface area contributed by atoms with E-state index in [9.17, 15) is 31.1 Å². The highest BCUT2D eigenvalue weighted by Crippen LogP contribution is 2.38. The Hall–Kier alpha value is -4.56. The van der Waals surface area contributed by atoms with Gasteiger partial charge in [0.1, 0.15) is 17.1 Å². The highest BCUT2D eigenvalue weighted by Gasteiger charge is 2.36. The maximum atomic E-state index is 13.7. The Balaban J connectivity index is 2.04. The van der Waals surface area contributed by atoms with Gasteiger partial charge in [-0.3, -0.25) is 4.79 Å². The highest BCUT2D eigenvalue weighted by molar-refractivity contribution is 6.01. The standard InChI is InChI=1S/C22H18F6N6O3/c1-4-17(35)31-16-7-12(37-22(26,27)28)5-6-14(16)32-19-13(21(23,24)25)10-30-20(34-19)33-15-8-18(36-3)29-9-11(15)2/h4-10H,1H2,2-3H3,(H,31,35)(H2,29,30,32,33,34). The van der Waals surface area contributed by atoms with E-state index >= 15 is 0 Å². The normalized spacial score (nSPS) is 11.5. The predicted octanol–water partition coefficient (Wildman–Crippen LogP) is 5.72. The number of hydrogen-bond acceptors (Lipinski definition) is 8. The second-order valence-corrected chi connectivity index (χ2v) is 7.19. The molecule has 2 heterocycles. The molecule has 0 atom stereocenters. The van der Waals surface area contributed by atoms with E-state index in [2.05, 4.69) is 42.2 Å². The molecule has 0 unspecified atom stereocenters. The number of pyridine rings is 1. The van der Waals surface area contributed by atoms with Crippen LogP contribution in [0, 0.1) is 6.92 Å². The zero-order valence-electron chi connectivity index (χ0n) is 19.1. The molecular weight excluding hydrogens is 510 g/mol. The number of alkyl halides is 6. The minimum absolute atomic E-state index is 0.221. The lowest BCUT2D eigenvalue weighted by Gasteiger charge is -2.18. The summed E-state index contributed by atoms with van der Waals surface area (Å²) in [5, 5.41) is 7.37. The van der Waals surface area contributed by atoms with Crippen molar-refractivity contribution in [3.63, 3.8) is 0 Å². The SMILES string of the molecule is C=CC(=O)Nc1cc(OC(F)(F)F)ccc1Nc1nc(Nc2cc(OC)ncc2C)ncc1C(F)(F)F. The van der Waals surface area contributed by atoms with Crippen molar-refractivity contribution in [3.05, 3.63) is 60.4 Å². The zero-order chi connectivity index (χ0) is 27.4. The summed E-state index contributed by atoms with van der Waals surface area (Å²) < 4.78 is 87.8. The lowest BCUT2D eigenvalue weighted by Crippen LogP contribution is -2.18. The number of carbonyl (C=O) groups excluding carboxylic acids is 1. The van der Waals surface area contributed by atoms with E-state index in [1.807, 2.05) is 0 Å². The Labute approximate surface area is 205 Å². The van der Waals surface area contributed by atoms with Crippen molar-refractivity contribution >= 4 is 34.7 Å². The number of nitrogens with one attached hydrogen (secondary N) is 3. The fraction of sp³-hybridized carbons (Fsp3) is 0.182. The number of methoxy groups -OCH3 is 1. The van der Waals surface area contributed by atoms with Crippen LogP contribution >= 0.6 is 0 Å². The van der Waals surface area contributed by atoms with E-state index in [4.69, 9.17) is 4.74 Å². The molecule has 3 rings (SSSR count). The molecular formula is C22H18F6N6O3. The van der Waals surface area contributed by atoms with Gasteiger partial charge in [0.15, 0.2) is 0 Å². The first-order chi connectivity index (χ1) is 17.3. The third-order valence-corrected chi connectivity index (χ3v) is 4.55. The number of anilines is 5. The second kappa shape index (κ2) is 10.6. The van der Waals surface area contributed by atoms with Gasteiger partial charge in [0.2, 0.25) is 17.7 Å². The Morgan fingerprint density at radius 1 is 1.00 bits per heavy atom. The highest BCUT2D eigenvalue weighted by atomic mass is 19.4. The average molecular weight is 528 g/mol. The Bertz CT molecular complexity index is 1310. The molecule has 0 saturated heterocycles. The van der Waals surface area contributed by atoms with E-state index in [1.54, 1.807) is 6.92 Å². The number of aryl methyl sites for hydroxylation is 1. The molecule has 1 amide bonds. The third-order valence-electron chi connectivity index (χ3n) is 4.55. The van der Waals surface area contributed by atoms with E-state index < -0.39 is 35.6 Å². The summed E-state index contributed by atoms with van der Waals surface area (Å²) in [5.41, 5.74) is -0.832. The molecule has 0 spiro atoms. The third kappa shape index (κ3) is 7.22. The van der Waals surface area contributed by atoms with Crippen LogP contribution < -0.4 is 25.4 Å². The van der Waals surface area contributed by atoms with Gasteiger partial charge >= 0.3 is 12.5 Å². The Morgan fingerprint density at radius 3 is 2.35 bits per heavy atom. The van der Waals surface area contributed by atoms with Gasteiger partial charge in [-0.25, -0.2) is 9.97 Å². The van der Waals surface area contributed by atoms with Gasteiger partial charge in [-0.15, -0.1) is 13.2 Å². The number of amides is 1. The number of aromatic nitrogens is 3. The maximum absolute atomic E-state index is 13.7. The second-order valence-electron chi connectivity index (χ2n) is 7.19. The number of benzene rings is 1. The lowest BCUT2D eigenvalue weighted by atomic mass is 10.2. The van der Waals surface area contributed by atoms with Crippen LogP contribution in [0.4, 0.5) is 55.2 Å². The molecule has 1 aromatic carbocycles. The zero-order valence-corrected chi connectivity index (χ0v) is 19.1. The van der Waals surface area contributed by atoms with Gasteiger partial charge in [0.05, 0.1) is 24.2 Å². The van der Waals surface area contributed by atoms with Crippen LogP contribution in [0.2, 0.25) is 0 Å². The number of nitrogens with zero attached hydrogens (tertiary/aromatic N) is 3. The molecule has 0 saturated carbocycles. The average Bonchev–Trinajstić information content (AvgIpc) is 2.80. The first-order valence-electron chi connectivity index (χ1n) is 10.1. The van der Waals surface area contributed by atoms with Gasteiger partial charge in [-0.05, 0) is 30.7 Å². The van der Waals surface area contributed by atoms with Crippen molar-refractivity contribution in [2.24, 2.45) is 0 Å². The number of ether oxygens (including phenoxy) is 2. The van der Waals surface area contributed by atoms with Crippen molar-refractivity contribution < 1.29 is 40.6 Å². The first-order valence-corrected chi connectivity index (χ1v) is 10.1. The van der Waals surface area contributed by atoms with Gasteiger partial charge < -0.3 is 25.4 Å². The van der Waals surface area contributed by atoms with Crippen LogP contribution in [-0.2, 0) is 11.0 Å².